The first-order chi connectivity index (χ1) is 13.5. The fourth-order valence-corrected chi connectivity index (χ4v) is 3.63. The summed E-state index contributed by atoms with van der Waals surface area (Å²) in [5.74, 6) is 1.27. The molecule has 0 amide bonds. The maximum absolute atomic E-state index is 8.96. The van der Waals surface area contributed by atoms with Gasteiger partial charge in [-0.2, -0.15) is 5.26 Å². The molecule has 3 heteroatoms. The second kappa shape index (κ2) is 18.0. The van der Waals surface area contributed by atoms with Gasteiger partial charge in [-0.1, -0.05) is 60.1 Å². The third kappa shape index (κ3) is 14.0. The van der Waals surface area contributed by atoms with Gasteiger partial charge in [0, 0.05) is 18.7 Å². The maximum atomic E-state index is 8.96. The minimum absolute atomic E-state index is 0.563. The Labute approximate surface area is 176 Å². The molecule has 0 fully saturated rings. The zero-order valence-corrected chi connectivity index (χ0v) is 19.7. The summed E-state index contributed by atoms with van der Waals surface area (Å²) in [6.45, 7) is 20.6. The Bertz CT molecular complexity index is 453. The summed E-state index contributed by atoms with van der Waals surface area (Å²) in [5, 5.41) is 8.96. The molecule has 0 N–H and O–H groups in total. The van der Waals surface area contributed by atoms with Gasteiger partial charge in [-0.05, 0) is 76.2 Å². The topological polar surface area (TPSA) is 30.3 Å². The Balaban J connectivity index is 0.00000227. The maximum Gasteiger partial charge on any atom is 0.0988 e. The van der Waals surface area contributed by atoms with Crippen LogP contribution in [-0.4, -0.2) is 49.1 Å². The zero-order valence-electron chi connectivity index (χ0n) is 19.7. The molecule has 0 aromatic heterocycles. The molecule has 1 aliphatic rings. The summed E-state index contributed by atoms with van der Waals surface area (Å²) in [6.07, 6.45) is 13.7. The molecular weight excluding hydrogens is 342 g/mol. The van der Waals surface area contributed by atoms with Crippen molar-refractivity contribution in [3.63, 3.8) is 0 Å². The Morgan fingerprint density at radius 2 is 1.57 bits per heavy atom. The van der Waals surface area contributed by atoms with Crippen LogP contribution < -0.4 is 0 Å². The van der Waals surface area contributed by atoms with Crippen molar-refractivity contribution in [2.75, 3.05) is 39.3 Å². The van der Waals surface area contributed by atoms with Crippen LogP contribution in [0.3, 0.4) is 0 Å². The van der Waals surface area contributed by atoms with Crippen LogP contribution in [0.2, 0.25) is 0 Å². The molecule has 1 rings (SSSR count). The highest BCUT2D eigenvalue weighted by Crippen LogP contribution is 2.18. The minimum Gasteiger partial charge on any atom is -0.303 e. The van der Waals surface area contributed by atoms with Crippen molar-refractivity contribution in [1.82, 2.24) is 9.80 Å². The van der Waals surface area contributed by atoms with Gasteiger partial charge >= 0.3 is 0 Å². The molecule has 1 aliphatic carbocycles. The lowest BCUT2D eigenvalue weighted by Gasteiger charge is -2.28. The number of hydrogen-bond donors (Lipinski definition) is 0. The van der Waals surface area contributed by atoms with Crippen LogP contribution in [0.4, 0.5) is 0 Å². The van der Waals surface area contributed by atoms with Crippen molar-refractivity contribution in [1.29, 1.82) is 5.26 Å². The van der Waals surface area contributed by atoms with Gasteiger partial charge in [0.05, 0.1) is 6.07 Å². The molecule has 0 heterocycles. The standard InChI is InChI=1S/C22H39N3.C3H8/c1-5-13-24(14-6-2)15-7-8-16-25(18-20(3)4)19-22-11-9-21(17-23)10-12-22;1-3-2/h9-11,20,22H,5-8,12-16,18-19H2,1-4H3;3H2,1-2H3. The van der Waals surface area contributed by atoms with E-state index >= 15 is 0 Å². The number of nitriles is 1. The average molecular weight is 390 g/mol. The van der Waals surface area contributed by atoms with E-state index < -0.39 is 0 Å². The number of nitrogens with zero attached hydrogens (tertiary/aromatic N) is 3. The van der Waals surface area contributed by atoms with Gasteiger partial charge in [-0.15, -0.1) is 0 Å². The Hall–Kier alpha value is -1.11. The van der Waals surface area contributed by atoms with Crippen LogP contribution in [0, 0.1) is 23.2 Å². The first-order valence-corrected chi connectivity index (χ1v) is 11.7. The zero-order chi connectivity index (χ0) is 21.2. The fourth-order valence-electron chi connectivity index (χ4n) is 3.63. The van der Waals surface area contributed by atoms with Crippen molar-refractivity contribution >= 4 is 0 Å². The van der Waals surface area contributed by atoms with Crippen LogP contribution in [0.5, 0.6) is 0 Å². The summed E-state index contributed by atoms with van der Waals surface area (Å²) in [4.78, 5) is 5.25. The van der Waals surface area contributed by atoms with Crippen molar-refractivity contribution in [3.8, 4) is 6.07 Å². The van der Waals surface area contributed by atoms with E-state index in [-0.39, 0.29) is 0 Å². The summed E-state index contributed by atoms with van der Waals surface area (Å²) < 4.78 is 0. The van der Waals surface area contributed by atoms with Gasteiger partial charge in [-0.3, -0.25) is 0 Å². The van der Waals surface area contributed by atoms with E-state index in [0.717, 1.165) is 18.5 Å². The van der Waals surface area contributed by atoms with E-state index in [2.05, 4.69) is 69.6 Å². The first-order valence-electron chi connectivity index (χ1n) is 11.7. The van der Waals surface area contributed by atoms with Crippen LogP contribution in [0.1, 0.15) is 80.1 Å². The van der Waals surface area contributed by atoms with E-state index in [4.69, 9.17) is 5.26 Å². The third-order valence-corrected chi connectivity index (χ3v) is 4.71. The first kappa shape index (κ1) is 26.9. The molecule has 0 spiro atoms. The van der Waals surface area contributed by atoms with E-state index in [1.165, 1.54) is 64.8 Å². The molecule has 0 aromatic carbocycles. The molecule has 0 radical (unpaired) electrons. The van der Waals surface area contributed by atoms with Crippen LogP contribution >= 0.6 is 0 Å². The highest BCUT2D eigenvalue weighted by atomic mass is 15.1. The second-order valence-electron chi connectivity index (χ2n) is 8.54. The number of allylic oxidation sites excluding steroid dienone is 3. The Morgan fingerprint density at radius 3 is 2.00 bits per heavy atom. The molecule has 0 bridgehead atoms. The molecular formula is C25H47N3. The largest absolute Gasteiger partial charge is 0.303 e. The van der Waals surface area contributed by atoms with Gasteiger partial charge in [0.15, 0.2) is 0 Å². The molecule has 28 heavy (non-hydrogen) atoms. The molecule has 0 saturated carbocycles. The summed E-state index contributed by atoms with van der Waals surface area (Å²) >= 11 is 0. The molecule has 3 nitrogen and oxygen atoms in total. The fraction of sp³-hybridized carbons (Fsp3) is 0.800. The predicted octanol–water partition coefficient (Wildman–Crippen LogP) is 6.29. The second-order valence-corrected chi connectivity index (χ2v) is 8.54. The highest BCUT2D eigenvalue weighted by Gasteiger charge is 2.15. The Morgan fingerprint density at radius 1 is 1.00 bits per heavy atom. The van der Waals surface area contributed by atoms with Crippen LogP contribution in [-0.2, 0) is 0 Å². The van der Waals surface area contributed by atoms with Crippen molar-refractivity contribution in [2.45, 2.75) is 80.1 Å². The predicted molar refractivity (Wildman–Crippen MR) is 124 cm³/mol. The van der Waals surface area contributed by atoms with Gasteiger partial charge in [0.2, 0.25) is 0 Å². The minimum atomic E-state index is 0.563. The van der Waals surface area contributed by atoms with Gasteiger partial charge in [0.1, 0.15) is 0 Å². The van der Waals surface area contributed by atoms with E-state index in [0.29, 0.717) is 11.8 Å². The normalized spacial score (nSPS) is 16.1. The average Bonchev–Trinajstić information content (AvgIpc) is 2.66. The lowest BCUT2D eigenvalue weighted by atomic mass is 9.96. The lowest BCUT2D eigenvalue weighted by Crippen LogP contribution is -2.34. The van der Waals surface area contributed by atoms with E-state index in [1.807, 2.05) is 6.08 Å². The van der Waals surface area contributed by atoms with Crippen LogP contribution in [0.25, 0.3) is 0 Å². The van der Waals surface area contributed by atoms with E-state index in [1.54, 1.807) is 0 Å². The number of rotatable bonds is 13. The van der Waals surface area contributed by atoms with Gasteiger partial charge in [0.25, 0.3) is 0 Å². The molecule has 0 aliphatic heterocycles. The van der Waals surface area contributed by atoms with Crippen molar-refractivity contribution in [2.24, 2.45) is 11.8 Å². The summed E-state index contributed by atoms with van der Waals surface area (Å²) in [5.41, 5.74) is 0.818. The van der Waals surface area contributed by atoms with Crippen molar-refractivity contribution in [3.05, 3.63) is 23.8 Å². The molecule has 1 atom stereocenters. The molecule has 0 saturated heterocycles. The summed E-state index contributed by atoms with van der Waals surface area (Å²) in [7, 11) is 0. The number of unbranched alkanes of at least 4 members (excludes halogenated alkanes) is 1. The smallest absolute Gasteiger partial charge is 0.0988 e. The molecule has 162 valence electrons. The molecule has 0 aromatic rings. The SMILES string of the molecule is CCC.CCCN(CCC)CCCCN(CC(C)C)CC1C=CC(C#N)=CC1. The van der Waals surface area contributed by atoms with E-state index in [9.17, 15) is 0 Å². The quantitative estimate of drug-likeness (QED) is 0.347. The summed E-state index contributed by atoms with van der Waals surface area (Å²) in [6, 6.07) is 2.24. The van der Waals surface area contributed by atoms with Gasteiger partial charge < -0.3 is 9.80 Å². The van der Waals surface area contributed by atoms with Crippen LogP contribution in [0.15, 0.2) is 23.8 Å². The monoisotopic (exact) mass is 389 g/mol. The van der Waals surface area contributed by atoms with Crippen molar-refractivity contribution < 1.29 is 0 Å². The number of hydrogen-bond acceptors (Lipinski definition) is 3. The lowest BCUT2D eigenvalue weighted by molar-refractivity contribution is 0.209. The third-order valence-electron chi connectivity index (χ3n) is 4.71. The molecule has 1 unspecified atom stereocenters. The van der Waals surface area contributed by atoms with Gasteiger partial charge in [-0.25, -0.2) is 0 Å². The highest BCUT2D eigenvalue weighted by molar-refractivity contribution is 5.35. The Kier molecular flexibility index (Phi) is 17.2.